The predicted octanol–water partition coefficient (Wildman–Crippen LogP) is 6.11. The Kier molecular flexibility index (Phi) is 13.6. The standard InChI is InChI=1S/C24H43N3O2/c1-3-4-5-6-7-8-9-10-11-12-13-14-15-16-17-18-23-26-19-20-27(23,22(2)25)21-24(28)29/h17-20,22H,3-16,21,25H2,1-2H3/p+1/b18-17+. The number of rotatable bonds is 18. The first-order valence-corrected chi connectivity index (χ1v) is 11.8. The van der Waals surface area contributed by atoms with Crippen LogP contribution >= 0.6 is 0 Å². The van der Waals surface area contributed by atoms with Crippen LogP contribution in [0.15, 0.2) is 29.5 Å². The van der Waals surface area contributed by atoms with Crippen LogP contribution in [-0.2, 0) is 4.79 Å². The number of amidine groups is 1. The number of quaternary nitrogens is 1. The molecular formula is C24H44N3O2+. The van der Waals surface area contributed by atoms with Crippen molar-refractivity contribution in [3.63, 3.8) is 0 Å². The molecule has 0 radical (unpaired) electrons. The first-order chi connectivity index (χ1) is 14.0. The normalized spacial score (nSPS) is 19.8. The smallest absolute Gasteiger partial charge is 0.360 e. The molecule has 0 aliphatic carbocycles. The maximum absolute atomic E-state index is 11.2. The number of nitrogens with two attached hydrogens (primary N) is 1. The lowest BCUT2D eigenvalue weighted by Crippen LogP contribution is -2.58. The van der Waals surface area contributed by atoms with Crippen molar-refractivity contribution in [2.75, 3.05) is 6.54 Å². The van der Waals surface area contributed by atoms with Crippen LogP contribution in [0.3, 0.4) is 0 Å². The SMILES string of the molecule is CCCCCCCCCCCCCCC/C=C/C1=NC=C[N+]1(CC(=O)O)C(C)N. The second-order valence-electron chi connectivity index (χ2n) is 8.44. The third-order valence-corrected chi connectivity index (χ3v) is 5.83. The molecule has 0 fully saturated rings. The molecule has 1 rings (SSSR count). The van der Waals surface area contributed by atoms with Crippen molar-refractivity contribution < 1.29 is 14.4 Å². The third kappa shape index (κ3) is 10.2. The molecule has 3 N–H and O–H groups in total. The van der Waals surface area contributed by atoms with Gasteiger partial charge in [-0.25, -0.2) is 9.28 Å². The fourth-order valence-corrected chi connectivity index (χ4v) is 3.91. The minimum Gasteiger partial charge on any atom is -0.477 e. The summed E-state index contributed by atoms with van der Waals surface area (Å²) in [5, 5.41) is 9.23. The van der Waals surface area contributed by atoms with Crippen molar-refractivity contribution in [1.82, 2.24) is 0 Å². The first kappa shape index (κ1) is 25.6. The molecule has 5 nitrogen and oxygen atoms in total. The molecule has 2 unspecified atom stereocenters. The van der Waals surface area contributed by atoms with Crippen molar-refractivity contribution in [3.8, 4) is 0 Å². The van der Waals surface area contributed by atoms with E-state index in [1.807, 2.05) is 13.0 Å². The summed E-state index contributed by atoms with van der Waals surface area (Å²) in [6, 6.07) is 0. The quantitative estimate of drug-likeness (QED) is 0.213. The second-order valence-corrected chi connectivity index (χ2v) is 8.44. The molecule has 166 valence electrons. The lowest BCUT2D eigenvalue weighted by Gasteiger charge is -2.33. The molecule has 0 saturated carbocycles. The van der Waals surface area contributed by atoms with Crippen LogP contribution in [0.5, 0.6) is 0 Å². The van der Waals surface area contributed by atoms with Crippen molar-refractivity contribution in [2.45, 2.75) is 110 Å². The fraction of sp³-hybridized carbons (Fsp3) is 0.750. The molecule has 0 amide bonds. The Morgan fingerprint density at radius 1 is 1.03 bits per heavy atom. The molecule has 1 aliphatic rings. The molecule has 2 atom stereocenters. The van der Waals surface area contributed by atoms with Crippen LogP contribution in [0.1, 0.15) is 104 Å². The molecule has 0 aromatic carbocycles. The topological polar surface area (TPSA) is 75.7 Å². The highest BCUT2D eigenvalue weighted by Crippen LogP contribution is 2.21. The van der Waals surface area contributed by atoms with E-state index in [-0.39, 0.29) is 17.2 Å². The largest absolute Gasteiger partial charge is 0.477 e. The number of carboxylic acid groups (broad SMARTS) is 1. The van der Waals surface area contributed by atoms with Gasteiger partial charge in [0.25, 0.3) is 0 Å². The molecule has 29 heavy (non-hydrogen) atoms. The summed E-state index contributed by atoms with van der Waals surface area (Å²) in [6.07, 6.45) is 25.8. The Bertz CT molecular complexity index is 540. The number of unbranched alkanes of at least 4 members (excludes halogenated alkanes) is 13. The zero-order valence-corrected chi connectivity index (χ0v) is 18.8. The molecule has 0 spiro atoms. The summed E-state index contributed by atoms with van der Waals surface area (Å²) in [5.74, 6) is -0.150. The van der Waals surface area contributed by atoms with Crippen molar-refractivity contribution in [1.29, 1.82) is 0 Å². The molecule has 0 bridgehead atoms. The van der Waals surface area contributed by atoms with E-state index in [2.05, 4.69) is 18.0 Å². The summed E-state index contributed by atoms with van der Waals surface area (Å²) in [7, 11) is 0. The Balaban J connectivity index is 2.07. The van der Waals surface area contributed by atoms with Crippen LogP contribution in [0.4, 0.5) is 0 Å². The molecule has 0 aromatic heterocycles. The molecule has 1 heterocycles. The average molecular weight is 407 g/mol. The maximum Gasteiger partial charge on any atom is 0.360 e. The van der Waals surface area contributed by atoms with Gasteiger partial charge in [0.05, 0.1) is 6.20 Å². The van der Waals surface area contributed by atoms with Gasteiger partial charge in [-0.3, -0.25) is 5.73 Å². The summed E-state index contributed by atoms with van der Waals surface area (Å²) < 4.78 is 0.0877. The number of hydrogen-bond acceptors (Lipinski definition) is 3. The van der Waals surface area contributed by atoms with Gasteiger partial charge >= 0.3 is 5.97 Å². The van der Waals surface area contributed by atoms with E-state index >= 15 is 0 Å². The van der Waals surface area contributed by atoms with E-state index in [1.165, 1.54) is 83.5 Å². The highest BCUT2D eigenvalue weighted by Gasteiger charge is 2.39. The first-order valence-electron chi connectivity index (χ1n) is 11.8. The average Bonchev–Trinajstić information content (AvgIpc) is 3.08. The molecule has 0 aromatic rings. The van der Waals surface area contributed by atoms with Gasteiger partial charge in [-0.2, -0.15) is 4.99 Å². The summed E-state index contributed by atoms with van der Waals surface area (Å²) >= 11 is 0. The van der Waals surface area contributed by atoms with Crippen LogP contribution < -0.4 is 5.73 Å². The lowest BCUT2D eigenvalue weighted by molar-refractivity contribution is -0.803. The number of carboxylic acids is 1. The summed E-state index contributed by atoms with van der Waals surface area (Å²) in [4.78, 5) is 15.6. The maximum atomic E-state index is 11.2. The zero-order valence-electron chi connectivity index (χ0n) is 18.8. The van der Waals surface area contributed by atoms with Gasteiger partial charge in [0, 0.05) is 13.0 Å². The highest BCUT2D eigenvalue weighted by atomic mass is 16.4. The molecule has 1 aliphatic heterocycles. The van der Waals surface area contributed by atoms with Crippen LogP contribution in [0.25, 0.3) is 0 Å². The van der Waals surface area contributed by atoms with Crippen LogP contribution in [0.2, 0.25) is 0 Å². The monoisotopic (exact) mass is 406 g/mol. The molecule has 0 saturated heterocycles. The Morgan fingerprint density at radius 3 is 2.03 bits per heavy atom. The number of allylic oxidation sites excluding steroid dienone is 1. The summed E-state index contributed by atoms with van der Waals surface area (Å²) in [6.45, 7) is 4.02. The van der Waals surface area contributed by atoms with E-state index in [9.17, 15) is 9.90 Å². The Labute approximate surface area is 178 Å². The highest BCUT2D eigenvalue weighted by molar-refractivity contribution is 5.90. The Hall–Kier alpha value is -1.46. The number of carbonyl (C=O) groups is 1. The number of nitrogens with zero attached hydrogens (tertiary/aromatic N) is 2. The van der Waals surface area contributed by atoms with Crippen LogP contribution in [-0.4, -0.2) is 34.1 Å². The predicted molar refractivity (Wildman–Crippen MR) is 122 cm³/mol. The molecule has 5 heteroatoms. The van der Waals surface area contributed by atoms with Crippen molar-refractivity contribution in [3.05, 3.63) is 24.6 Å². The van der Waals surface area contributed by atoms with Gasteiger partial charge in [-0.15, -0.1) is 0 Å². The van der Waals surface area contributed by atoms with Gasteiger partial charge in [0.1, 0.15) is 12.4 Å². The van der Waals surface area contributed by atoms with Crippen molar-refractivity contribution in [2.24, 2.45) is 10.7 Å². The van der Waals surface area contributed by atoms with Gasteiger partial charge in [0.15, 0.2) is 6.54 Å². The minimum atomic E-state index is -0.869. The second kappa shape index (κ2) is 15.4. The Morgan fingerprint density at radius 2 is 1.55 bits per heavy atom. The minimum absolute atomic E-state index is 0.0733. The van der Waals surface area contributed by atoms with Gasteiger partial charge in [-0.05, 0) is 12.8 Å². The van der Waals surface area contributed by atoms with Crippen molar-refractivity contribution >= 4 is 11.8 Å². The summed E-state index contributed by atoms with van der Waals surface area (Å²) in [5.41, 5.74) is 6.07. The van der Waals surface area contributed by atoms with Gasteiger partial charge < -0.3 is 5.11 Å². The number of hydrogen-bond donors (Lipinski definition) is 2. The van der Waals surface area contributed by atoms with E-state index < -0.39 is 5.97 Å². The van der Waals surface area contributed by atoms with E-state index in [4.69, 9.17) is 5.73 Å². The fourth-order valence-electron chi connectivity index (χ4n) is 3.91. The van der Waals surface area contributed by atoms with E-state index in [1.54, 1.807) is 12.4 Å². The number of aliphatic imine (C=N–C) groups is 1. The number of aliphatic carboxylic acids is 1. The lowest BCUT2D eigenvalue weighted by atomic mass is 10.0. The van der Waals surface area contributed by atoms with E-state index in [0.717, 1.165) is 12.3 Å². The molecular weight excluding hydrogens is 362 g/mol. The van der Waals surface area contributed by atoms with Crippen LogP contribution in [0, 0.1) is 0 Å². The van der Waals surface area contributed by atoms with Gasteiger partial charge in [0.2, 0.25) is 5.84 Å². The third-order valence-electron chi connectivity index (χ3n) is 5.83. The van der Waals surface area contributed by atoms with Gasteiger partial charge in [-0.1, -0.05) is 90.0 Å². The van der Waals surface area contributed by atoms with E-state index in [0.29, 0.717) is 0 Å². The zero-order chi connectivity index (χ0) is 21.4.